The largest absolute Gasteiger partial charge is 0.493 e. The second-order valence-electron chi connectivity index (χ2n) is 12.8. The van der Waals surface area contributed by atoms with E-state index in [-0.39, 0.29) is 61.2 Å². The molecule has 0 saturated heterocycles. The van der Waals surface area contributed by atoms with E-state index in [1.54, 1.807) is 48.5 Å². The van der Waals surface area contributed by atoms with Crippen LogP contribution in [0.4, 0.5) is 0 Å². The van der Waals surface area contributed by atoms with Gasteiger partial charge in [0.1, 0.15) is 35.2 Å². The highest BCUT2D eigenvalue weighted by molar-refractivity contribution is 5.97. The summed E-state index contributed by atoms with van der Waals surface area (Å²) >= 11 is 0. The van der Waals surface area contributed by atoms with E-state index < -0.39 is 29.8 Å². The molecule has 5 aromatic carbocycles. The molecule has 0 heterocycles. The molecule has 0 fully saturated rings. The van der Waals surface area contributed by atoms with Crippen LogP contribution in [0.1, 0.15) is 66.2 Å². The first kappa shape index (κ1) is 44.7. The zero-order valence-electron chi connectivity index (χ0n) is 33.5. The van der Waals surface area contributed by atoms with Crippen LogP contribution in [0.3, 0.4) is 0 Å². The van der Waals surface area contributed by atoms with Crippen LogP contribution < -0.4 is 18.9 Å². The minimum Gasteiger partial charge on any atom is -0.493 e. The summed E-state index contributed by atoms with van der Waals surface area (Å²) in [7, 11) is 0. The minimum absolute atomic E-state index is 0.0220. The highest BCUT2D eigenvalue weighted by Gasteiger charge is 2.21. The average Bonchev–Trinajstić information content (AvgIpc) is 3.30. The molecule has 0 bridgehead atoms. The molecule has 0 N–H and O–H groups in total. The van der Waals surface area contributed by atoms with E-state index in [0.29, 0.717) is 41.0 Å². The number of rotatable bonds is 19. The Kier molecular flexibility index (Phi) is 16.8. The quantitative estimate of drug-likeness (QED) is 0.0199. The van der Waals surface area contributed by atoms with Crippen molar-refractivity contribution < 1.29 is 57.1 Å². The third kappa shape index (κ3) is 13.9. The Labute approximate surface area is 358 Å². The number of esters is 5. The molecule has 0 atom stereocenters. The van der Waals surface area contributed by atoms with Crippen molar-refractivity contribution in [2.24, 2.45) is 0 Å². The maximum Gasteiger partial charge on any atom is 0.343 e. The second-order valence-corrected chi connectivity index (χ2v) is 12.8. The van der Waals surface area contributed by atoms with Crippen LogP contribution in [0.2, 0.25) is 0 Å². The van der Waals surface area contributed by atoms with Gasteiger partial charge in [-0.3, -0.25) is 0 Å². The first-order chi connectivity index (χ1) is 30.1. The smallest absolute Gasteiger partial charge is 0.343 e. The summed E-state index contributed by atoms with van der Waals surface area (Å²) < 4.78 is 38.0. The third-order valence-electron chi connectivity index (χ3n) is 8.45. The standard InChI is InChI=1S/C50H40O12/c1-4-37-11-7-8-12-38(37)18-17-35-13-15-36(16-14-35)34-60-50(55)44-33-43(61-48(53)39-19-23-41(24-20-39)56-29-9-31-58-46(51)5-2)27-28-45(44)62-49(54)40-21-25-42(26-22-40)57-30-10-32-59-47(52)6-3/h1,5-8,11-16,19-28,33H,2-3,9-10,29-32,34H2. The van der Waals surface area contributed by atoms with Crippen LogP contribution in [0.25, 0.3) is 0 Å². The highest BCUT2D eigenvalue weighted by atomic mass is 16.6. The van der Waals surface area contributed by atoms with Crippen LogP contribution in [0.15, 0.2) is 141 Å². The number of hydrogen-bond acceptors (Lipinski definition) is 12. The fourth-order valence-corrected chi connectivity index (χ4v) is 5.25. The number of hydrogen-bond donors (Lipinski definition) is 0. The average molecular weight is 833 g/mol. The van der Waals surface area contributed by atoms with Crippen molar-refractivity contribution >= 4 is 29.8 Å². The number of carbonyl (C=O) groups is 5. The molecule has 0 unspecified atom stereocenters. The first-order valence-corrected chi connectivity index (χ1v) is 19.1. The van der Waals surface area contributed by atoms with E-state index in [1.165, 1.54) is 42.5 Å². The van der Waals surface area contributed by atoms with Gasteiger partial charge in [0.2, 0.25) is 0 Å². The lowest BCUT2D eigenvalue weighted by atomic mass is 10.1. The topological polar surface area (TPSA) is 150 Å². The molecule has 0 amide bonds. The molecule has 0 aromatic heterocycles. The molecule has 12 heteroatoms. The Bertz CT molecular complexity index is 2500. The Hall–Kier alpha value is -8.35. The van der Waals surface area contributed by atoms with Crippen LogP contribution in [0.5, 0.6) is 23.0 Å². The zero-order valence-corrected chi connectivity index (χ0v) is 33.5. The van der Waals surface area contributed by atoms with Gasteiger partial charge >= 0.3 is 29.8 Å². The van der Waals surface area contributed by atoms with E-state index in [2.05, 4.69) is 30.9 Å². The van der Waals surface area contributed by atoms with Crippen molar-refractivity contribution in [3.63, 3.8) is 0 Å². The number of ether oxygens (including phenoxy) is 7. The van der Waals surface area contributed by atoms with Gasteiger partial charge in [0, 0.05) is 41.7 Å². The molecule has 5 aromatic rings. The van der Waals surface area contributed by atoms with Crippen molar-refractivity contribution in [1.82, 2.24) is 0 Å². The summed E-state index contributed by atoms with van der Waals surface area (Å²) in [6.07, 6.45) is 8.63. The first-order valence-electron chi connectivity index (χ1n) is 19.1. The SMILES string of the molecule is C#Cc1ccccc1C#Cc1ccc(COC(=O)c2cc(OC(=O)c3ccc(OCCCOC(=O)C=C)cc3)ccc2OC(=O)c2ccc(OCCCOC(=O)C=C)cc2)cc1. The Balaban J connectivity index is 1.26. The minimum atomic E-state index is -0.858. The van der Waals surface area contributed by atoms with Crippen molar-refractivity contribution in [3.8, 4) is 47.2 Å². The van der Waals surface area contributed by atoms with E-state index in [4.69, 9.17) is 39.6 Å². The van der Waals surface area contributed by atoms with Crippen molar-refractivity contribution in [2.75, 3.05) is 26.4 Å². The maximum atomic E-state index is 13.6. The van der Waals surface area contributed by atoms with Crippen molar-refractivity contribution in [2.45, 2.75) is 19.4 Å². The summed E-state index contributed by atoms with van der Waals surface area (Å²) in [6, 6.07) is 30.7. The molecule has 0 aliphatic heterocycles. The lowest BCUT2D eigenvalue weighted by Crippen LogP contribution is -2.14. The molecular weight excluding hydrogens is 793 g/mol. The zero-order chi connectivity index (χ0) is 44.1. The summed E-state index contributed by atoms with van der Waals surface area (Å²) in [6.45, 7) is 7.39. The van der Waals surface area contributed by atoms with Gasteiger partial charge in [-0.2, -0.15) is 0 Å². The lowest BCUT2D eigenvalue weighted by Gasteiger charge is -2.13. The molecule has 12 nitrogen and oxygen atoms in total. The Morgan fingerprint density at radius 3 is 1.63 bits per heavy atom. The van der Waals surface area contributed by atoms with Gasteiger partial charge in [0.25, 0.3) is 0 Å². The Morgan fingerprint density at radius 2 is 1.08 bits per heavy atom. The van der Waals surface area contributed by atoms with Crippen LogP contribution >= 0.6 is 0 Å². The van der Waals surface area contributed by atoms with Crippen molar-refractivity contribution in [1.29, 1.82) is 0 Å². The molecule has 0 saturated carbocycles. The fourth-order valence-electron chi connectivity index (χ4n) is 5.25. The number of benzene rings is 5. The monoisotopic (exact) mass is 832 g/mol. The second kappa shape index (κ2) is 23.3. The molecule has 0 aliphatic carbocycles. The summed E-state index contributed by atoms with van der Waals surface area (Å²) in [5.41, 5.74) is 2.94. The van der Waals surface area contributed by atoms with E-state index in [1.807, 2.05) is 24.3 Å². The Morgan fingerprint density at radius 1 is 0.548 bits per heavy atom. The predicted molar refractivity (Wildman–Crippen MR) is 228 cm³/mol. The molecule has 0 radical (unpaired) electrons. The molecule has 62 heavy (non-hydrogen) atoms. The van der Waals surface area contributed by atoms with Gasteiger partial charge in [-0.1, -0.05) is 55.2 Å². The molecular formula is C50H40O12. The van der Waals surface area contributed by atoms with Crippen molar-refractivity contribution in [3.05, 3.63) is 180 Å². The highest BCUT2D eigenvalue weighted by Crippen LogP contribution is 2.28. The van der Waals surface area contributed by atoms with Crippen LogP contribution in [0, 0.1) is 24.2 Å². The summed E-state index contributed by atoms with van der Waals surface area (Å²) in [5, 5.41) is 0. The van der Waals surface area contributed by atoms with E-state index >= 15 is 0 Å². The number of carbonyl (C=O) groups excluding carboxylic acids is 5. The third-order valence-corrected chi connectivity index (χ3v) is 8.45. The molecule has 0 aliphatic rings. The van der Waals surface area contributed by atoms with Gasteiger partial charge in [-0.05, 0) is 96.6 Å². The van der Waals surface area contributed by atoms with Crippen LogP contribution in [-0.2, 0) is 30.4 Å². The number of terminal acetylenes is 1. The molecule has 0 spiro atoms. The van der Waals surface area contributed by atoms with E-state index in [9.17, 15) is 24.0 Å². The summed E-state index contributed by atoms with van der Waals surface area (Å²) in [4.78, 5) is 62.4. The van der Waals surface area contributed by atoms with Gasteiger partial charge in [-0.25, -0.2) is 24.0 Å². The van der Waals surface area contributed by atoms with Gasteiger partial charge in [0.15, 0.2) is 0 Å². The molecule has 5 rings (SSSR count). The lowest BCUT2D eigenvalue weighted by molar-refractivity contribution is -0.138. The predicted octanol–water partition coefficient (Wildman–Crippen LogP) is 7.86. The van der Waals surface area contributed by atoms with Gasteiger partial charge in [-0.15, -0.1) is 6.42 Å². The van der Waals surface area contributed by atoms with Gasteiger partial charge < -0.3 is 33.2 Å². The van der Waals surface area contributed by atoms with Crippen LogP contribution in [-0.4, -0.2) is 56.3 Å². The molecule has 312 valence electrons. The fraction of sp³-hybridized carbons (Fsp3) is 0.140. The van der Waals surface area contributed by atoms with Gasteiger partial charge in [0.05, 0.1) is 37.6 Å². The maximum absolute atomic E-state index is 13.6. The normalized spacial score (nSPS) is 10.0. The summed E-state index contributed by atoms with van der Waals surface area (Å²) in [5.74, 6) is 6.13. The van der Waals surface area contributed by atoms with E-state index in [0.717, 1.165) is 17.7 Å².